The van der Waals surface area contributed by atoms with Gasteiger partial charge in [0.1, 0.15) is 12.3 Å². The summed E-state index contributed by atoms with van der Waals surface area (Å²) < 4.78 is 7.54. The number of aromatic amines is 1. The minimum atomic E-state index is 0.207. The molecule has 1 fully saturated rings. The molecule has 5 rings (SSSR count). The summed E-state index contributed by atoms with van der Waals surface area (Å²) in [6, 6.07) is 16.6. The minimum Gasteiger partial charge on any atom is -0.497 e. The van der Waals surface area contributed by atoms with Crippen LogP contribution >= 0.6 is 0 Å². The van der Waals surface area contributed by atoms with Crippen molar-refractivity contribution in [1.82, 2.24) is 14.5 Å². The summed E-state index contributed by atoms with van der Waals surface area (Å²) in [5.41, 5.74) is 4.74. The predicted octanol–water partition coefficient (Wildman–Crippen LogP) is 4.85. The molecular formula is C25H27N3O2. The lowest BCUT2D eigenvalue weighted by atomic mass is 9.89. The predicted molar refractivity (Wildman–Crippen MR) is 120 cm³/mol. The molecule has 30 heavy (non-hydrogen) atoms. The highest BCUT2D eigenvalue weighted by Crippen LogP contribution is 2.34. The monoisotopic (exact) mass is 401 g/mol. The zero-order valence-electron chi connectivity index (χ0n) is 17.5. The van der Waals surface area contributed by atoms with Gasteiger partial charge in [-0.15, -0.1) is 0 Å². The first-order valence-electron chi connectivity index (χ1n) is 10.6. The molecule has 0 saturated carbocycles. The molecule has 2 aromatic heterocycles. The first kappa shape index (κ1) is 18.8. The number of carbonyl (C=O) groups excluding carboxylic acids is 1. The van der Waals surface area contributed by atoms with Gasteiger partial charge in [0.05, 0.1) is 7.11 Å². The number of carbonyl (C=O) groups is 1. The summed E-state index contributed by atoms with van der Waals surface area (Å²) in [7, 11) is 1.70. The number of rotatable bonds is 4. The van der Waals surface area contributed by atoms with Gasteiger partial charge in [0.25, 0.3) is 0 Å². The number of aryl methyl sites for hydroxylation is 1. The number of nitrogens with one attached hydrogen (secondary N) is 1. The highest BCUT2D eigenvalue weighted by molar-refractivity contribution is 5.86. The van der Waals surface area contributed by atoms with Crippen LogP contribution in [-0.4, -0.2) is 40.6 Å². The van der Waals surface area contributed by atoms with Crippen LogP contribution in [0.3, 0.4) is 0 Å². The number of hydrogen-bond donors (Lipinski definition) is 1. The van der Waals surface area contributed by atoms with Crippen molar-refractivity contribution in [2.45, 2.75) is 32.2 Å². The second-order valence-corrected chi connectivity index (χ2v) is 8.24. The summed E-state index contributed by atoms with van der Waals surface area (Å²) in [5, 5.41) is 2.42. The molecule has 1 N–H and O–H groups in total. The molecule has 2 aromatic carbocycles. The van der Waals surface area contributed by atoms with Crippen molar-refractivity contribution in [3.8, 4) is 5.75 Å². The third kappa shape index (κ3) is 3.24. The van der Waals surface area contributed by atoms with E-state index in [1.165, 1.54) is 16.3 Å². The molecule has 3 heterocycles. The maximum Gasteiger partial charge on any atom is 0.242 e. The number of fused-ring (bicyclic) bond motifs is 2. The Morgan fingerprint density at radius 3 is 2.73 bits per heavy atom. The molecule has 0 aliphatic carbocycles. The molecule has 4 aromatic rings. The van der Waals surface area contributed by atoms with E-state index in [-0.39, 0.29) is 5.91 Å². The Hall–Kier alpha value is -3.21. The summed E-state index contributed by atoms with van der Waals surface area (Å²) in [6.07, 6.45) is 4.10. The summed E-state index contributed by atoms with van der Waals surface area (Å²) in [4.78, 5) is 18.4. The fourth-order valence-electron chi connectivity index (χ4n) is 4.82. The normalized spacial score (nSPS) is 15.2. The van der Waals surface area contributed by atoms with Crippen molar-refractivity contribution in [2.24, 2.45) is 0 Å². The average molecular weight is 402 g/mol. The van der Waals surface area contributed by atoms with Gasteiger partial charge in [0.15, 0.2) is 0 Å². The van der Waals surface area contributed by atoms with Gasteiger partial charge in [0.2, 0.25) is 5.91 Å². The van der Waals surface area contributed by atoms with Gasteiger partial charge < -0.3 is 19.2 Å². The maximum absolute atomic E-state index is 13.0. The van der Waals surface area contributed by atoms with Gasteiger partial charge in [-0.05, 0) is 67.0 Å². The molecule has 0 atom stereocenters. The first-order valence-corrected chi connectivity index (χ1v) is 10.6. The third-order valence-electron chi connectivity index (χ3n) is 6.52. The molecule has 1 aliphatic heterocycles. The van der Waals surface area contributed by atoms with Gasteiger partial charge in [0, 0.05) is 41.4 Å². The number of piperidine rings is 1. The Bertz CT molecular complexity index is 1210. The van der Waals surface area contributed by atoms with Gasteiger partial charge in [-0.2, -0.15) is 0 Å². The number of methoxy groups -OCH3 is 1. The summed E-state index contributed by atoms with van der Waals surface area (Å²) >= 11 is 0. The van der Waals surface area contributed by atoms with E-state index in [0.717, 1.165) is 48.4 Å². The Morgan fingerprint density at radius 2 is 1.93 bits per heavy atom. The lowest BCUT2D eigenvalue weighted by Gasteiger charge is -2.32. The average Bonchev–Trinajstić information content (AvgIpc) is 3.34. The molecule has 154 valence electrons. The number of H-pyrrole nitrogens is 1. The van der Waals surface area contributed by atoms with E-state index in [4.69, 9.17) is 4.74 Å². The van der Waals surface area contributed by atoms with E-state index >= 15 is 0 Å². The Kier molecular flexibility index (Phi) is 4.74. The fourth-order valence-corrected chi connectivity index (χ4v) is 4.82. The second-order valence-electron chi connectivity index (χ2n) is 8.24. The van der Waals surface area contributed by atoms with Crippen LogP contribution in [0.5, 0.6) is 5.75 Å². The third-order valence-corrected chi connectivity index (χ3v) is 6.52. The first-order chi connectivity index (χ1) is 14.6. The molecule has 1 saturated heterocycles. The largest absolute Gasteiger partial charge is 0.497 e. The zero-order chi connectivity index (χ0) is 20.7. The van der Waals surface area contributed by atoms with Crippen LogP contribution in [0.25, 0.3) is 21.8 Å². The molecule has 0 spiro atoms. The van der Waals surface area contributed by atoms with Crippen LogP contribution in [0.15, 0.2) is 54.7 Å². The molecule has 0 radical (unpaired) electrons. The van der Waals surface area contributed by atoms with Gasteiger partial charge in [-0.25, -0.2) is 0 Å². The molecule has 5 nitrogen and oxygen atoms in total. The van der Waals surface area contributed by atoms with E-state index in [1.54, 1.807) is 7.11 Å². The standard InChI is InChI=1S/C25H27N3O2/c1-17-13-19-5-3-4-6-24(19)28(17)16-25(29)27-11-9-18(10-12-27)22-15-26-23-8-7-20(30-2)14-21(22)23/h3-8,13-15,18,26H,9-12,16H2,1-2H3. The van der Waals surface area contributed by atoms with Crippen LogP contribution in [0, 0.1) is 6.92 Å². The van der Waals surface area contributed by atoms with E-state index in [1.807, 2.05) is 23.1 Å². The van der Waals surface area contributed by atoms with Gasteiger partial charge >= 0.3 is 0 Å². The lowest BCUT2D eigenvalue weighted by Crippen LogP contribution is -2.39. The smallest absolute Gasteiger partial charge is 0.242 e. The van der Waals surface area contributed by atoms with Gasteiger partial charge in [-0.1, -0.05) is 18.2 Å². The van der Waals surface area contributed by atoms with E-state index in [2.05, 4.69) is 53.0 Å². The number of para-hydroxylation sites is 1. The molecule has 0 bridgehead atoms. The number of benzene rings is 2. The second kappa shape index (κ2) is 7.56. The van der Waals surface area contributed by atoms with Crippen LogP contribution in [0.4, 0.5) is 0 Å². The molecule has 1 amide bonds. The van der Waals surface area contributed by atoms with Crippen molar-refractivity contribution in [1.29, 1.82) is 0 Å². The van der Waals surface area contributed by atoms with Crippen molar-refractivity contribution in [3.63, 3.8) is 0 Å². The minimum absolute atomic E-state index is 0.207. The number of aromatic nitrogens is 2. The highest BCUT2D eigenvalue weighted by Gasteiger charge is 2.26. The molecule has 0 unspecified atom stereocenters. The quantitative estimate of drug-likeness (QED) is 0.532. The van der Waals surface area contributed by atoms with Crippen molar-refractivity contribution >= 4 is 27.7 Å². The Labute approximate surface area is 176 Å². The van der Waals surface area contributed by atoms with E-state index < -0.39 is 0 Å². The summed E-state index contributed by atoms with van der Waals surface area (Å²) in [5.74, 6) is 1.55. The highest BCUT2D eigenvalue weighted by atomic mass is 16.5. The van der Waals surface area contributed by atoms with Crippen LogP contribution < -0.4 is 4.74 Å². The van der Waals surface area contributed by atoms with Crippen molar-refractivity contribution < 1.29 is 9.53 Å². The van der Waals surface area contributed by atoms with Crippen LogP contribution in [0.2, 0.25) is 0 Å². The van der Waals surface area contributed by atoms with Crippen molar-refractivity contribution in [2.75, 3.05) is 20.2 Å². The molecular weight excluding hydrogens is 374 g/mol. The van der Waals surface area contributed by atoms with Crippen LogP contribution in [-0.2, 0) is 11.3 Å². The van der Waals surface area contributed by atoms with E-state index in [9.17, 15) is 4.79 Å². The topological polar surface area (TPSA) is 50.3 Å². The number of amides is 1. The molecule has 5 heteroatoms. The Morgan fingerprint density at radius 1 is 1.13 bits per heavy atom. The summed E-state index contributed by atoms with van der Waals surface area (Å²) in [6.45, 7) is 4.09. The van der Waals surface area contributed by atoms with Crippen molar-refractivity contribution in [3.05, 3.63) is 66.0 Å². The van der Waals surface area contributed by atoms with E-state index in [0.29, 0.717) is 12.5 Å². The van der Waals surface area contributed by atoms with Gasteiger partial charge in [-0.3, -0.25) is 4.79 Å². The van der Waals surface area contributed by atoms with Crippen LogP contribution in [0.1, 0.15) is 30.0 Å². The maximum atomic E-state index is 13.0. The fraction of sp³-hybridized carbons (Fsp3) is 0.320. The number of ether oxygens (including phenoxy) is 1. The number of nitrogens with zero attached hydrogens (tertiary/aromatic N) is 2. The lowest BCUT2D eigenvalue weighted by molar-refractivity contribution is -0.132. The SMILES string of the molecule is COc1ccc2[nH]cc(C3CCN(C(=O)Cn4c(C)cc5ccccc54)CC3)c2c1. The number of likely N-dealkylation sites (tertiary alicyclic amines) is 1. The molecule has 1 aliphatic rings. The Balaban J connectivity index is 1.29. The zero-order valence-corrected chi connectivity index (χ0v) is 17.5. The number of hydrogen-bond acceptors (Lipinski definition) is 2.